The summed E-state index contributed by atoms with van der Waals surface area (Å²) in [5.41, 5.74) is 6.81. The Kier molecular flexibility index (Phi) is 6.45. The first-order valence-electron chi connectivity index (χ1n) is 3.72. The summed E-state index contributed by atoms with van der Waals surface area (Å²) in [6.07, 6.45) is 0. The number of aliphatic imine (C=N–C) groups is 1. The molecule has 0 saturated heterocycles. The number of nitrogens with zero attached hydrogens (tertiary/aromatic N) is 1. The Hall–Kier alpha value is -0.670. The fraction of sp³-hybridized carbons (Fsp3) is 0.222. The van der Waals surface area contributed by atoms with Crippen molar-refractivity contribution in [1.82, 2.24) is 0 Å². The molecule has 2 N–H and O–H groups in total. The van der Waals surface area contributed by atoms with Crippen LogP contribution < -0.4 is 5.73 Å². The molecule has 0 aliphatic rings. The molecule has 1 aromatic rings. The van der Waals surface area contributed by atoms with Crippen molar-refractivity contribution in [3.63, 3.8) is 0 Å². The third-order valence-electron chi connectivity index (χ3n) is 1.45. The molecule has 2 nitrogen and oxygen atoms in total. The lowest BCUT2D eigenvalue weighted by molar-refractivity contribution is 1.41. The molecule has 0 aromatic heterocycles. The van der Waals surface area contributed by atoms with Crippen LogP contribution >= 0.6 is 24.2 Å². The summed E-state index contributed by atoms with van der Waals surface area (Å²) < 4.78 is 0. The third-order valence-corrected chi connectivity index (χ3v) is 2.41. The fourth-order valence-corrected chi connectivity index (χ4v) is 1.43. The highest BCUT2D eigenvalue weighted by Gasteiger charge is 1.93. The molecule has 0 saturated carbocycles. The number of thioether (sulfide) groups is 1. The maximum absolute atomic E-state index is 5.53. The topological polar surface area (TPSA) is 38.4 Å². The SMILES string of the molecule is CN=C(N)SCc1ccccc1.Cl. The second-order valence-corrected chi connectivity index (χ2v) is 3.33. The van der Waals surface area contributed by atoms with Crippen molar-refractivity contribution >= 4 is 29.3 Å². The zero-order valence-electron chi connectivity index (χ0n) is 7.43. The Morgan fingerprint density at radius 1 is 1.38 bits per heavy atom. The van der Waals surface area contributed by atoms with E-state index < -0.39 is 0 Å². The van der Waals surface area contributed by atoms with E-state index in [-0.39, 0.29) is 12.4 Å². The van der Waals surface area contributed by atoms with Gasteiger partial charge < -0.3 is 5.73 Å². The van der Waals surface area contributed by atoms with Gasteiger partial charge in [0, 0.05) is 12.8 Å². The predicted octanol–water partition coefficient (Wildman–Crippen LogP) is 2.29. The van der Waals surface area contributed by atoms with Crippen LogP contribution in [-0.2, 0) is 5.75 Å². The molecule has 0 bridgehead atoms. The van der Waals surface area contributed by atoms with Crippen LogP contribution in [0.25, 0.3) is 0 Å². The van der Waals surface area contributed by atoms with Crippen LogP contribution in [0.5, 0.6) is 0 Å². The highest BCUT2D eigenvalue weighted by Crippen LogP contribution is 2.10. The van der Waals surface area contributed by atoms with E-state index in [0.717, 1.165) is 5.75 Å². The molecule has 0 heterocycles. The second kappa shape index (κ2) is 6.80. The minimum atomic E-state index is 0. The van der Waals surface area contributed by atoms with E-state index in [4.69, 9.17) is 5.73 Å². The van der Waals surface area contributed by atoms with E-state index in [1.165, 1.54) is 5.56 Å². The summed E-state index contributed by atoms with van der Waals surface area (Å²) in [6, 6.07) is 10.2. The van der Waals surface area contributed by atoms with Gasteiger partial charge in [-0.3, -0.25) is 4.99 Å². The number of halogens is 1. The first kappa shape index (κ1) is 12.3. The van der Waals surface area contributed by atoms with E-state index in [2.05, 4.69) is 17.1 Å². The molecule has 1 aromatic carbocycles. The molecule has 0 unspecified atom stereocenters. The van der Waals surface area contributed by atoms with Crippen molar-refractivity contribution in [2.45, 2.75) is 5.75 Å². The Balaban J connectivity index is 0.00000144. The molecule has 0 aliphatic heterocycles. The molecule has 13 heavy (non-hydrogen) atoms. The lowest BCUT2D eigenvalue weighted by Gasteiger charge is -1.99. The van der Waals surface area contributed by atoms with Gasteiger partial charge in [0.25, 0.3) is 0 Å². The van der Waals surface area contributed by atoms with Crippen LogP contribution in [0.2, 0.25) is 0 Å². The Bertz CT molecular complexity index is 262. The summed E-state index contributed by atoms with van der Waals surface area (Å²) in [5.74, 6) is 0.893. The van der Waals surface area contributed by atoms with Gasteiger partial charge in [0.1, 0.15) is 0 Å². The largest absolute Gasteiger partial charge is 0.379 e. The van der Waals surface area contributed by atoms with Crippen molar-refractivity contribution in [1.29, 1.82) is 0 Å². The monoisotopic (exact) mass is 216 g/mol. The molecule has 0 amide bonds. The normalized spacial score (nSPS) is 10.7. The van der Waals surface area contributed by atoms with Crippen molar-refractivity contribution in [3.8, 4) is 0 Å². The van der Waals surface area contributed by atoms with Gasteiger partial charge in [0.15, 0.2) is 5.17 Å². The van der Waals surface area contributed by atoms with Crippen molar-refractivity contribution < 1.29 is 0 Å². The first-order valence-corrected chi connectivity index (χ1v) is 4.70. The van der Waals surface area contributed by atoms with Gasteiger partial charge in [0.2, 0.25) is 0 Å². The minimum absolute atomic E-state index is 0. The maximum atomic E-state index is 5.53. The highest BCUT2D eigenvalue weighted by atomic mass is 35.5. The van der Waals surface area contributed by atoms with Crippen LogP contribution in [0.15, 0.2) is 35.3 Å². The summed E-state index contributed by atoms with van der Waals surface area (Å²) in [6.45, 7) is 0. The quantitative estimate of drug-likeness (QED) is 0.609. The fourth-order valence-electron chi connectivity index (χ4n) is 0.796. The van der Waals surface area contributed by atoms with Crippen LogP contribution in [0.1, 0.15) is 5.56 Å². The Morgan fingerprint density at radius 3 is 2.54 bits per heavy atom. The number of benzene rings is 1. The first-order chi connectivity index (χ1) is 5.83. The summed E-state index contributed by atoms with van der Waals surface area (Å²) in [4.78, 5) is 3.86. The van der Waals surface area contributed by atoms with E-state index in [0.29, 0.717) is 5.17 Å². The van der Waals surface area contributed by atoms with E-state index in [1.807, 2.05) is 18.2 Å². The standard InChI is InChI=1S/C9H12N2S.ClH/c1-11-9(10)12-7-8-5-3-2-4-6-8;/h2-6H,7H2,1H3,(H2,10,11);1H. The van der Waals surface area contributed by atoms with Crippen molar-refractivity contribution in [3.05, 3.63) is 35.9 Å². The molecular weight excluding hydrogens is 204 g/mol. The van der Waals surface area contributed by atoms with Gasteiger partial charge in [-0.05, 0) is 5.56 Å². The zero-order chi connectivity index (χ0) is 8.81. The minimum Gasteiger partial charge on any atom is -0.379 e. The van der Waals surface area contributed by atoms with Crippen LogP contribution in [0.4, 0.5) is 0 Å². The molecule has 4 heteroatoms. The number of hydrogen-bond acceptors (Lipinski definition) is 2. The van der Waals surface area contributed by atoms with Gasteiger partial charge >= 0.3 is 0 Å². The average Bonchev–Trinajstić information content (AvgIpc) is 2.16. The van der Waals surface area contributed by atoms with Gasteiger partial charge in [-0.25, -0.2) is 0 Å². The lowest BCUT2D eigenvalue weighted by atomic mass is 10.2. The van der Waals surface area contributed by atoms with Crippen LogP contribution in [0.3, 0.4) is 0 Å². The number of amidine groups is 1. The Morgan fingerprint density at radius 2 is 2.00 bits per heavy atom. The second-order valence-electron chi connectivity index (χ2n) is 2.34. The molecule has 0 aliphatic carbocycles. The Labute approximate surface area is 89.0 Å². The highest BCUT2D eigenvalue weighted by molar-refractivity contribution is 8.13. The molecular formula is C9H13ClN2S. The summed E-state index contributed by atoms with van der Waals surface area (Å²) >= 11 is 1.56. The maximum Gasteiger partial charge on any atom is 0.153 e. The molecule has 72 valence electrons. The van der Waals surface area contributed by atoms with Crippen LogP contribution in [0, 0.1) is 0 Å². The number of rotatable bonds is 2. The van der Waals surface area contributed by atoms with Gasteiger partial charge in [-0.1, -0.05) is 42.1 Å². The van der Waals surface area contributed by atoms with E-state index in [1.54, 1.807) is 18.8 Å². The number of hydrogen-bond donors (Lipinski definition) is 1. The summed E-state index contributed by atoms with van der Waals surface area (Å²) in [7, 11) is 1.70. The van der Waals surface area contributed by atoms with E-state index in [9.17, 15) is 0 Å². The van der Waals surface area contributed by atoms with Crippen molar-refractivity contribution in [2.24, 2.45) is 10.7 Å². The van der Waals surface area contributed by atoms with Crippen molar-refractivity contribution in [2.75, 3.05) is 7.05 Å². The molecule has 0 spiro atoms. The molecule has 1 rings (SSSR count). The number of nitrogens with two attached hydrogens (primary N) is 1. The molecule has 0 atom stereocenters. The van der Waals surface area contributed by atoms with Gasteiger partial charge in [-0.15, -0.1) is 12.4 Å². The average molecular weight is 217 g/mol. The summed E-state index contributed by atoms with van der Waals surface area (Å²) in [5, 5.41) is 0.638. The molecule has 0 fully saturated rings. The van der Waals surface area contributed by atoms with Gasteiger partial charge in [0.05, 0.1) is 0 Å². The smallest absolute Gasteiger partial charge is 0.153 e. The van der Waals surface area contributed by atoms with Gasteiger partial charge in [-0.2, -0.15) is 0 Å². The zero-order valence-corrected chi connectivity index (χ0v) is 9.07. The molecule has 0 radical (unpaired) electrons. The van der Waals surface area contributed by atoms with E-state index >= 15 is 0 Å². The van der Waals surface area contributed by atoms with Crippen LogP contribution in [-0.4, -0.2) is 12.2 Å². The predicted molar refractivity (Wildman–Crippen MR) is 62.5 cm³/mol. The third kappa shape index (κ3) is 4.80. The lowest BCUT2D eigenvalue weighted by Crippen LogP contribution is -2.05.